The van der Waals surface area contributed by atoms with Crippen LogP contribution in [0.2, 0.25) is 0 Å². The van der Waals surface area contributed by atoms with Gasteiger partial charge in [0.1, 0.15) is 11.4 Å². The molecule has 0 atom stereocenters. The minimum atomic E-state index is -4.85. The van der Waals surface area contributed by atoms with Crippen LogP contribution >= 0.6 is 0 Å². The summed E-state index contributed by atoms with van der Waals surface area (Å²) < 4.78 is 54.1. The summed E-state index contributed by atoms with van der Waals surface area (Å²) in [5, 5.41) is 8.45. The lowest BCUT2D eigenvalue weighted by Gasteiger charge is -2.17. The highest BCUT2D eigenvalue weighted by atomic mass is 19.4. The van der Waals surface area contributed by atoms with Crippen molar-refractivity contribution in [2.45, 2.75) is 25.1 Å². The van der Waals surface area contributed by atoms with Crippen molar-refractivity contribution in [3.63, 3.8) is 0 Å². The fourth-order valence-electron chi connectivity index (χ4n) is 2.47. The van der Waals surface area contributed by atoms with E-state index in [0.717, 1.165) is 10.8 Å². The second kappa shape index (κ2) is 4.56. The third-order valence-corrected chi connectivity index (χ3v) is 3.57. The zero-order chi connectivity index (χ0) is 16.2. The molecule has 4 nitrogen and oxygen atoms in total. The Labute approximate surface area is 120 Å². The van der Waals surface area contributed by atoms with Crippen molar-refractivity contribution in [2.24, 2.45) is 0 Å². The van der Waals surface area contributed by atoms with Crippen molar-refractivity contribution in [3.05, 3.63) is 45.5 Å². The van der Waals surface area contributed by atoms with E-state index in [0.29, 0.717) is 25.0 Å². The van der Waals surface area contributed by atoms with Gasteiger partial charge >= 0.3 is 12.1 Å². The Morgan fingerprint density at radius 1 is 1.27 bits per heavy atom. The maximum atomic E-state index is 13.5. The number of fused-ring (bicyclic) bond motifs is 1. The van der Waals surface area contributed by atoms with E-state index in [-0.39, 0.29) is 6.04 Å². The molecule has 1 N–H and O–H groups in total. The lowest BCUT2D eigenvalue weighted by molar-refractivity contribution is -0.136. The quantitative estimate of drug-likeness (QED) is 0.866. The molecule has 1 aliphatic rings. The average molecular weight is 315 g/mol. The Balaban J connectivity index is 2.51. The van der Waals surface area contributed by atoms with Crippen LogP contribution in [0.4, 0.5) is 17.6 Å². The third kappa shape index (κ3) is 2.24. The second-order valence-electron chi connectivity index (χ2n) is 5.16. The van der Waals surface area contributed by atoms with Crippen LogP contribution in [0.25, 0.3) is 10.9 Å². The molecule has 0 radical (unpaired) electrons. The second-order valence-corrected chi connectivity index (χ2v) is 5.16. The van der Waals surface area contributed by atoms with Crippen LogP contribution in [0.15, 0.2) is 23.1 Å². The Bertz CT molecular complexity index is 850. The molecule has 0 bridgehead atoms. The number of aromatic nitrogens is 1. The number of hydrogen-bond acceptors (Lipinski definition) is 2. The molecule has 1 aliphatic carbocycles. The number of alkyl halides is 3. The molecule has 1 aromatic heterocycles. The molecular formula is C14H9F4NO3. The number of nitrogens with zero attached hydrogens (tertiary/aromatic N) is 1. The lowest BCUT2D eigenvalue weighted by atomic mass is 10.1. The predicted molar refractivity (Wildman–Crippen MR) is 68.4 cm³/mol. The van der Waals surface area contributed by atoms with E-state index in [1.165, 1.54) is 0 Å². The Kier molecular flexibility index (Phi) is 3.01. The molecule has 1 aromatic carbocycles. The van der Waals surface area contributed by atoms with Gasteiger partial charge in [-0.2, -0.15) is 13.2 Å². The zero-order valence-corrected chi connectivity index (χ0v) is 10.9. The van der Waals surface area contributed by atoms with E-state index in [1.807, 2.05) is 0 Å². The van der Waals surface area contributed by atoms with Crippen molar-refractivity contribution in [2.75, 3.05) is 0 Å². The van der Waals surface area contributed by atoms with E-state index in [4.69, 9.17) is 5.11 Å². The summed E-state index contributed by atoms with van der Waals surface area (Å²) in [5.74, 6) is -2.79. The summed E-state index contributed by atoms with van der Waals surface area (Å²) in [6.45, 7) is 0. The van der Waals surface area contributed by atoms with Crippen LogP contribution in [0.5, 0.6) is 0 Å². The monoisotopic (exact) mass is 315 g/mol. The fraction of sp³-hybridized carbons (Fsp3) is 0.286. The molecule has 8 heteroatoms. The molecule has 0 aliphatic heterocycles. The molecular weight excluding hydrogens is 306 g/mol. The SMILES string of the molecule is O=C(O)c1cn(C2CC2)c2c(C(F)(F)F)cc(F)cc2c1=O. The molecule has 0 amide bonds. The van der Waals surface area contributed by atoms with Crippen LogP contribution in [-0.2, 0) is 6.18 Å². The Morgan fingerprint density at radius 2 is 1.91 bits per heavy atom. The van der Waals surface area contributed by atoms with Crippen LogP contribution < -0.4 is 5.43 Å². The minimum absolute atomic E-state index is 0.312. The van der Waals surface area contributed by atoms with Crippen molar-refractivity contribution in [1.29, 1.82) is 0 Å². The first kappa shape index (κ1) is 14.6. The topological polar surface area (TPSA) is 59.3 Å². The zero-order valence-electron chi connectivity index (χ0n) is 10.9. The molecule has 1 fully saturated rings. The van der Waals surface area contributed by atoms with Gasteiger partial charge in [0, 0.05) is 12.2 Å². The summed E-state index contributed by atoms with van der Waals surface area (Å²) in [7, 11) is 0. The van der Waals surface area contributed by atoms with Crippen molar-refractivity contribution in [3.8, 4) is 0 Å². The van der Waals surface area contributed by atoms with E-state index in [9.17, 15) is 27.2 Å². The highest BCUT2D eigenvalue weighted by molar-refractivity contribution is 5.93. The number of aromatic carboxylic acids is 1. The molecule has 3 rings (SSSR count). The Morgan fingerprint density at radius 3 is 2.41 bits per heavy atom. The summed E-state index contributed by atoms with van der Waals surface area (Å²) in [6.07, 6.45) is -2.79. The standard InChI is InChI=1S/C14H9F4NO3/c15-6-3-8-11(10(4-6)14(16,17)18)19(7-1-2-7)5-9(12(8)20)13(21)22/h3-5,7H,1-2H2,(H,21,22). The van der Waals surface area contributed by atoms with Gasteiger partial charge in [-0.3, -0.25) is 4.79 Å². The Hall–Kier alpha value is -2.38. The number of pyridine rings is 1. The highest BCUT2D eigenvalue weighted by Gasteiger charge is 2.37. The number of rotatable bonds is 2. The number of carboxylic acid groups (broad SMARTS) is 1. The average Bonchev–Trinajstić information content (AvgIpc) is 3.21. The van der Waals surface area contributed by atoms with Crippen molar-refractivity contribution < 1.29 is 27.5 Å². The molecule has 116 valence electrons. The van der Waals surface area contributed by atoms with Gasteiger partial charge in [0.2, 0.25) is 5.43 Å². The van der Waals surface area contributed by atoms with Crippen LogP contribution in [0.1, 0.15) is 34.8 Å². The number of carboxylic acids is 1. The van der Waals surface area contributed by atoms with E-state index >= 15 is 0 Å². The summed E-state index contributed by atoms with van der Waals surface area (Å²) >= 11 is 0. The third-order valence-electron chi connectivity index (χ3n) is 3.57. The van der Waals surface area contributed by atoms with Gasteiger partial charge in [-0.25, -0.2) is 9.18 Å². The van der Waals surface area contributed by atoms with Gasteiger partial charge in [-0.15, -0.1) is 0 Å². The van der Waals surface area contributed by atoms with Gasteiger partial charge < -0.3 is 9.67 Å². The van der Waals surface area contributed by atoms with E-state index < -0.39 is 45.4 Å². The van der Waals surface area contributed by atoms with Crippen molar-refractivity contribution in [1.82, 2.24) is 4.57 Å². The number of benzene rings is 1. The number of halogens is 4. The number of hydrogen-bond donors (Lipinski definition) is 1. The van der Waals surface area contributed by atoms with Gasteiger partial charge in [0.15, 0.2) is 0 Å². The van der Waals surface area contributed by atoms with E-state index in [1.54, 1.807) is 0 Å². The molecule has 0 unspecified atom stereocenters. The molecule has 2 aromatic rings. The minimum Gasteiger partial charge on any atom is -0.477 e. The van der Waals surface area contributed by atoms with Crippen LogP contribution in [0.3, 0.4) is 0 Å². The summed E-state index contributed by atoms with van der Waals surface area (Å²) in [6, 6.07) is 0.659. The van der Waals surface area contributed by atoms with E-state index in [2.05, 4.69) is 0 Å². The molecule has 0 saturated heterocycles. The summed E-state index contributed by atoms with van der Waals surface area (Å²) in [4.78, 5) is 23.2. The highest BCUT2D eigenvalue weighted by Crippen LogP contribution is 2.41. The fourth-order valence-corrected chi connectivity index (χ4v) is 2.47. The maximum absolute atomic E-state index is 13.5. The lowest BCUT2D eigenvalue weighted by Crippen LogP contribution is -2.21. The molecule has 1 saturated carbocycles. The van der Waals surface area contributed by atoms with Gasteiger partial charge in [-0.05, 0) is 25.0 Å². The van der Waals surface area contributed by atoms with Gasteiger partial charge in [-0.1, -0.05) is 0 Å². The van der Waals surface area contributed by atoms with Crippen LogP contribution in [0, 0.1) is 5.82 Å². The number of carbonyl (C=O) groups is 1. The van der Waals surface area contributed by atoms with Gasteiger partial charge in [0.05, 0.1) is 16.5 Å². The van der Waals surface area contributed by atoms with Crippen molar-refractivity contribution >= 4 is 16.9 Å². The first-order chi connectivity index (χ1) is 10.2. The predicted octanol–water partition coefficient (Wildman–Crippen LogP) is 3.19. The maximum Gasteiger partial charge on any atom is 0.418 e. The summed E-state index contributed by atoms with van der Waals surface area (Å²) in [5.41, 5.74) is -3.53. The first-order valence-electron chi connectivity index (χ1n) is 6.39. The van der Waals surface area contributed by atoms with Crippen LogP contribution in [-0.4, -0.2) is 15.6 Å². The molecule has 1 heterocycles. The molecule has 22 heavy (non-hydrogen) atoms. The molecule has 0 spiro atoms. The van der Waals surface area contributed by atoms with Gasteiger partial charge in [0.25, 0.3) is 0 Å². The largest absolute Gasteiger partial charge is 0.477 e. The first-order valence-corrected chi connectivity index (χ1v) is 6.39. The normalized spacial score (nSPS) is 15.3. The smallest absolute Gasteiger partial charge is 0.418 e.